The summed E-state index contributed by atoms with van der Waals surface area (Å²) in [5.74, 6) is 1.49. The molecule has 98 valence electrons. The summed E-state index contributed by atoms with van der Waals surface area (Å²) < 4.78 is 0. The molecule has 1 heteroatoms. The standard InChI is InChI=1S/C18H21N/c1-13(2)16-11-15-9-6-10-17(18(15)19-12-16)14-7-4-3-5-8-14/h3-10,13,16,19H,11-12H2,1-2H3. The van der Waals surface area contributed by atoms with Gasteiger partial charge in [-0.3, -0.25) is 0 Å². The maximum Gasteiger partial charge on any atom is 0.0452 e. The quantitative estimate of drug-likeness (QED) is 0.823. The molecule has 3 rings (SSSR count). The van der Waals surface area contributed by atoms with Crippen LogP contribution < -0.4 is 5.32 Å². The van der Waals surface area contributed by atoms with Crippen molar-refractivity contribution in [3.8, 4) is 11.1 Å². The molecule has 0 spiro atoms. The summed E-state index contributed by atoms with van der Waals surface area (Å²) in [5.41, 5.74) is 5.44. The fraction of sp³-hybridized carbons (Fsp3) is 0.333. The van der Waals surface area contributed by atoms with E-state index in [1.54, 1.807) is 0 Å². The molecule has 0 amide bonds. The number of hydrogen-bond acceptors (Lipinski definition) is 1. The second-order valence-electron chi connectivity index (χ2n) is 5.79. The van der Waals surface area contributed by atoms with Crippen LogP contribution in [-0.2, 0) is 6.42 Å². The minimum absolute atomic E-state index is 0.737. The van der Waals surface area contributed by atoms with Crippen molar-refractivity contribution in [1.82, 2.24) is 0 Å². The van der Waals surface area contributed by atoms with Gasteiger partial charge in [0.1, 0.15) is 0 Å². The molecular weight excluding hydrogens is 230 g/mol. The lowest BCUT2D eigenvalue weighted by Crippen LogP contribution is -2.27. The first-order chi connectivity index (χ1) is 9.25. The van der Waals surface area contributed by atoms with E-state index in [1.807, 2.05) is 0 Å². The molecule has 1 unspecified atom stereocenters. The van der Waals surface area contributed by atoms with Crippen molar-refractivity contribution in [3.05, 3.63) is 54.1 Å². The van der Waals surface area contributed by atoms with Gasteiger partial charge in [0.05, 0.1) is 0 Å². The molecular formula is C18H21N. The predicted octanol–water partition coefficient (Wildman–Crippen LogP) is 4.59. The molecule has 0 radical (unpaired) electrons. The van der Waals surface area contributed by atoms with Crippen molar-refractivity contribution in [2.45, 2.75) is 20.3 Å². The molecule has 0 saturated heterocycles. The Bertz CT molecular complexity index is 557. The third-order valence-corrected chi connectivity index (χ3v) is 4.20. The molecule has 1 nitrogen and oxygen atoms in total. The van der Waals surface area contributed by atoms with Gasteiger partial charge in [-0.25, -0.2) is 0 Å². The van der Waals surface area contributed by atoms with Crippen LogP contribution in [0.3, 0.4) is 0 Å². The topological polar surface area (TPSA) is 12.0 Å². The van der Waals surface area contributed by atoms with Gasteiger partial charge in [-0.15, -0.1) is 0 Å². The summed E-state index contributed by atoms with van der Waals surface area (Å²) >= 11 is 0. The number of nitrogens with one attached hydrogen (secondary N) is 1. The van der Waals surface area contributed by atoms with E-state index in [-0.39, 0.29) is 0 Å². The Morgan fingerprint density at radius 2 is 1.79 bits per heavy atom. The first-order valence-corrected chi connectivity index (χ1v) is 7.17. The summed E-state index contributed by atoms with van der Waals surface area (Å²) in [6, 6.07) is 17.3. The van der Waals surface area contributed by atoms with Crippen LogP contribution in [0.1, 0.15) is 19.4 Å². The summed E-state index contributed by atoms with van der Waals surface area (Å²) in [4.78, 5) is 0. The molecule has 1 aliphatic rings. The van der Waals surface area contributed by atoms with E-state index in [2.05, 4.69) is 67.7 Å². The van der Waals surface area contributed by atoms with Gasteiger partial charge in [-0.1, -0.05) is 62.4 Å². The molecule has 19 heavy (non-hydrogen) atoms. The molecule has 2 aromatic rings. The predicted molar refractivity (Wildman–Crippen MR) is 82.4 cm³/mol. The second kappa shape index (κ2) is 5.08. The number of para-hydroxylation sites is 1. The van der Waals surface area contributed by atoms with Crippen molar-refractivity contribution >= 4 is 5.69 Å². The van der Waals surface area contributed by atoms with Gasteiger partial charge in [0.25, 0.3) is 0 Å². The van der Waals surface area contributed by atoms with Crippen LogP contribution in [0.25, 0.3) is 11.1 Å². The Kier molecular flexibility index (Phi) is 3.29. The van der Waals surface area contributed by atoms with E-state index in [9.17, 15) is 0 Å². The molecule has 0 aromatic heterocycles. The van der Waals surface area contributed by atoms with Gasteiger partial charge in [0, 0.05) is 17.8 Å². The van der Waals surface area contributed by atoms with Gasteiger partial charge in [-0.2, -0.15) is 0 Å². The van der Waals surface area contributed by atoms with Crippen molar-refractivity contribution in [1.29, 1.82) is 0 Å². The molecule has 2 aromatic carbocycles. The highest BCUT2D eigenvalue weighted by Gasteiger charge is 2.22. The number of benzene rings is 2. The summed E-state index contributed by atoms with van der Waals surface area (Å²) in [6.07, 6.45) is 1.20. The zero-order valence-corrected chi connectivity index (χ0v) is 11.7. The van der Waals surface area contributed by atoms with E-state index < -0.39 is 0 Å². The number of hydrogen-bond donors (Lipinski definition) is 1. The molecule has 1 N–H and O–H groups in total. The van der Waals surface area contributed by atoms with Crippen LogP contribution in [0.4, 0.5) is 5.69 Å². The fourth-order valence-electron chi connectivity index (χ4n) is 2.90. The van der Waals surface area contributed by atoms with E-state index in [1.165, 1.54) is 28.8 Å². The molecule has 0 aliphatic carbocycles. The number of fused-ring (bicyclic) bond motifs is 1. The summed E-state index contributed by atoms with van der Waals surface area (Å²) in [7, 11) is 0. The SMILES string of the molecule is CC(C)C1CNc2c(cccc2-c2ccccc2)C1. The Morgan fingerprint density at radius 3 is 2.53 bits per heavy atom. The van der Waals surface area contributed by atoms with Crippen molar-refractivity contribution in [2.75, 3.05) is 11.9 Å². The van der Waals surface area contributed by atoms with Crippen molar-refractivity contribution in [2.24, 2.45) is 11.8 Å². The lowest BCUT2D eigenvalue weighted by Gasteiger charge is -2.30. The monoisotopic (exact) mass is 251 g/mol. The first-order valence-electron chi connectivity index (χ1n) is 7.17. The highest BCUT2D eigenvalue weighted by Crippen LogP contribution is 2.36. The van der Waals surface area contributed by atoms with E-state index in [0.29, 0.717) is 0 Å². The van der Waals surface area contributed by atoms with E-state index in [0.717, 1.165) is 18.4 Å². The second-order valence-corrected chi connectivity index (χ2v) is 5.79. The third-order valence-electron chi connectivity index (χ3n) is 4.20. The molecule has 0 fully saturated rings. The maximum atomic E-state index is 3.66. The lowest BCUT2D eigenvalue weighted by atomic mass is 9.84. The molecule has 0 saturated carbocycles. The van der Waals surface area contributed by atoms with Crippen LogP contribution >= 0.6 is 0 Å². The largest absolute Gasteiger partial charge is 0.384 e. The number of anilines is 1. The Morgan fingerprint density at radius 1 is 1.00 bits per heavy atom. The molecule has 1 heterocycles. The van der Waals surface area contributed by atoms with Crippen molar-refractivity contribution < 1.29 is 0 Å². The van der Waals surface area contributed by atoms with Crippen LogP contribution in [0.2, 0.25) is 0 Å². The van der Waals surface area contributed by atoms with E-state index >= 15 is 0 Å². The third kappa shape index (κ3) is 2.37. The average molecular weight is 251 g/mol. The fourth-order valence-corrected chi connectivity index (χ4v) is 2.90. The van der Waals surface area contributed by atoms with Crippen LogP contribution in [0, 0.1) is 11.8 Å². The maximum absolute atomic E-state index is 3.66. The molecule has 1 atom stereocenters. The Hall–Kier alpha value is -1.76. The minimum atomic E-state index is 0.737. The molecule has 0 bridgehead atoms. The smallest absolute Gasteiger partial charge is 0.0452 e. The van der Waals surface area contributed by atoms with Gasteiger partial charge >= 0.3 is 0 Å². The zero-order chi connectivity index (χ0) is 13.2. The van der Waals surface area contributed by atoms with E-state index in [4.69, 9.17) is 0 Å². The van der Waals surface area contributed by atoms with Gasteiger partial charge < -0.3 is 5.32 Å². The Balaban J connectivity index is 2.00. The molecule has 1 aliphatic heterocycles. The van der Waals surface area contributed by atoms with Crippen molar-refractivity contribution in [3.63, 3.8) is 0 Å². The van der Waals surface area contributed by atoms with Gasteiger partial charge in [0.15, 0.2) is 0 Å². The summed E-state index contributed by atoms with van der Waals surface area (Å²) in [6.45, 7) is 5.73. The Labute approximate surface area is 115 Å². The highest BCUT2D eigenvalue weighted by atomic mass is 14.9. The number of rotatable bonds is 2. The normalized spacial score (nSPS) is 17.9. The first kappa shape index (κ1) is 12.3. The van der Waals surface area contributed by atoms with Gasteiger partial charge in [0.2, 0.25) is 0 Å². The zero-order valence-electron chi connectivity index (χ0n) is 11.7. The van der Waals surface area contributed by atoms with Crippen LogP contribution in [0.15, 0.2) is 48.5 Å². The average Bonchev–Trinajstić information content (AvgIpc) is 2.47. The highest BCUT2D eigenvalue weighted by molar-refractivity contribution is 5.80. The summed E-state index contributed by atoms with van der Waals surface area (Å²) in [5, 5.41) is 3.66. The lowest BCUT2D eigenvalue weighted by molar-refractivity contribution is 0.394. The van der Waals surface area contributed by atoms with Crippen LogP contribution in [0.5, 0.6) is 0 Å². The van der Waals surface area contributed by atoms with Crippen LogP contribution in [-0.4, -0.2) is 6.54 Å². The van der Waals surface area contributed by atoms with Gasteiger partial charge in [-0.05, 0) is 29.4 Å². The minimum Gasteiger partial charge on any atom is -0.384 e.